The van der Waals surface area contributed by atoms with Crippen molar-refractivity contribution in [1.29, 1.82) is 5.26 Å². The van der Waals surface area contributed by atoms with Crippen molar-refractivity contribution in [2.75, 3.05) is 18.2 Å². The fourth-order valence-corrected chi connectivity index (χ4v) is 2.63. The molecule has 122 valence electrons. The minimum absolute atomic E-state index is 0.0726. The molecule has 0 aliphatic carbocycles. The molecular formula is C17H15N3O4. The SMILES string of the molecule is CCN(Cc1ccc2c(c1)OCO2)c1ccc(C#N)cc1[N+](=O)[O-]. The van der Waals surface area contributed by atoms with Crippen molar-refractivity contribution < 1.29 is 14.4 Å². The zero-order valence-electron chi connectivity index (χ0n) is 13.1. The molecule has 1 aliphatic heterocycles. The standard InChI is InChI=1S/C17H15N3O4/c1-2-19(10-13-4-6-16-17(8-13)24-11-23-16)14-5-3-12(9-18)7-15(14)20(21)22/h3-8H,2,10-11H2,1H3. The van der Waals surface area contributed by atoms with Crippen LogP contribution < -0.4 is 14.4 Å². The van der Waals surface area contributed by atoms with Crippen LogP contribution in [0.3, 0.4) is 0 Å². The molecule has 0 amide bonds. The number of benzene rings is 2. The third-order valence-electron chi connectivity index (χ3n) is 3.83. The number of nitrogens with zero attached hydrogens (tertiary/aromatic N) is 3. The minimum atomic E-state index is -0.460. The molecule has 2 aromatic carbocycles. The summed E-state index contributed by atoms with van der Waals surface area (Å²) in [6.45, 7) is 3.20. The maximum atomic E-state index is 11.3. The summed E-state index contributed by atoms with van der Waals surface area (Å²) in [5, 5.41) is 20.3. The van der Waals surface area contributed by atoms with Gasteiger partial charge in [-0.15, -0.1) is 0 Å². The molecule has 1 heterocycles. The largest absolute Gasteiger partial charge is 0.454 e. The first kappa shape index (κ1) is 15.6. The third kappa shape index (κ3) is 2.94. The summed E-state index contributed by atoms with van der Waals surface area (Å²) in [5.41, 5.74) is 1.64. The average molecular weight is 325 g/mol. The molecule has 24 heavy (non-hydrogen) atoms. The van der Waals surface area contributed by atoms with Crippen LogP contribution in [0.1, 0.15) is 18.1 Å². The lowest BCUT2D eigenvalue weighted by molar-refractivity contribution is -0.384. The van der Waals surface area contributed by atoms with Crippen molar-refractivity contribution in [3.05, 3.63) is 57.6 Å². The molecule has 0 spiro atoms. The summed E-state index contributed by atoms with van der Waals surface area (Å²) < 4.78 is 10.7. The van der Waals surface area contributed by atoms with Crippen LogP contribution in [0.4, 0.5) is 11.4 Å². The van der Waals surface area contributed by atoms with E-state index in [2.05, 4.69) is 0 Å². The Kier molecular flexibility index (Phi) is 4.20. The van der Waals surface area contributed by atoms with Gasteiger partial charge in [-0.05, 0) is 36.8 Å². The highest BCUT2D eigenvalue weighted by Crippen LogP contribution is 2.34. The zero-order chi connectivity index (χ0) is 17.1. The topological polar surface area (TPSA) is 88.6 Å². The quantitative estimate of drug-likeness (QED) is 0.619. The van der Waals surface area contributed by atoms with Gasteiger partial charge in [0, 0.05) is 19.2 Å². The number of ether oxygens (including phenoxy) is 2. The van der Waals surface area contributed by atoms with Crippen LogP contribution in [-0.4, -0.2) is 18.3 Å². The number of nitro groups is 1. The number of rotatable bonds is 5. The van der Waals surface area contributed by atoms with E-state index in [1.54, 1.807) is 12.1 Å². The van der Waals surface area contributed by atoms with Crippen LogP contribution in [0.5, 0.6) is 11.5 Å². The van der Waals surface area contributed by atoms with Crippen LogP contribution in [0.2, 0.25) is 0 Å². The van der Waals surface area contributed by atoms with Gasteiger partial charge in [0.2, 0.25) is 6.79 Å². The highest BCUT2D eigenvalue weighted by atomic mass is 16.7. The van der Waals surface area contributed by atoms with Gasteiger partial charge < -0.3 is 14.4 Å². The summed E-state index contributed by atoms with van der Waals surface area (Å²) in [5.74, 6) is 1.38. The summed E-state index contributed by atoms with van der Waals surface area (Å²) in [6.07, 6.45) is 0. The fourth-order valence-electron chi connectivity index (χ4n) is 2.63. The lowest BCUT2D eigenvalue weighted by atomic mass is 10.1. The van der Waals surface area contributed by atoms with E-state index in [9.17, 15) is 10.1 Å². The van der Waals surface area contributed by atoms with E-state index in [0.717, 1.165) is 5.56 Å². The highest BCUT2D eigenvalue weighted by molar-refractivity contribution is 5.66. The molecule has 7 heteroatoms. The van der Waals surface area contributed by atoms with E-state index in [-0.39, 0.29) is 18.0 Å². The first-order valence-corrected chi connectivity index (χ1v) is 7.44. The second-order valence-electron chi connectivity index (χ2n) is 5.27. The van der Waals surface area contributed by atoms with Gasteiger partial charge in [-0.25, -0.2) is 0 Å². The summed E-state index contributed by atoms with van der Waals surface area (Å²) in [6, 6.07) is 12.1. The second kappa shape index (κ2) is 6.46. The van der Waals surface area contributed by atoms with E-state index in [1.807, 2.05) is 36.1 Å². The van der Waals surface area contributed by atoms with Crippen molar-refractivity contribution in [3.8, 4) is 17.6 Å². The van der Waals surface area contributed by atoms with Crippen molar-refractivity contribution >= 4 is 11.4 Å². The van der Waals surface area contributed by atoms with Gasteiger partial charge in [0.05, 0.1) is 16.6 Å². The van der Waals surface area contributed by atoms with Crippen molar-refractivity contribution in [2.45, 2.75) is 13.5 Å². The maximum Gasteiger partial charge on any atom is 0.293 e. The molecule has 0 aromatic heterocycles. The number of nitro benzene ring substituents is 1. The normalized spacial score (nSPS) is 11.8. The molecule has 0 saturated carbocycles. The first-order chi connectivity index (χ1) is 11.6. The Bertz CT molecular complexity index is 829. The van der Waals surface area contributed by atoms with Crippen LogP contribution >= 0.6 is 0 Å². The number of fused-ring (bicyclic) bond motifs is 1. The van der Waals surface area contributed by atoms with Crippen LogP contribution in [0.15, 0.2) is 36.4 Å². The van der Waals surface area contributed by atoms with Gasteiger partial charge in [0.15, 0.2) is 11.5 Å². The Hall–Kier alpha value is -3.27. The molecule has 7 nitrogen and oxygen atoms in total. The molecule has 3 rings (SSSR count). The first-order valence-electron chi connectivity index (χ1n) is 7.44. The van der Waals surface area contributed by atoms with Crippen LogP contribution in [0.25, 0.3) is 0 Å². The molecule has 1 aliphatic rings. The Labute approximate surface area is 138 Å². The molecule has 2 aromatic rings. The van der Waals surface area contributed by atoms with E-state index in [0.29, 0.717) is 30.3 Å². The summed E-state index contributed by atoms with van der Waals surface area (Å²) >= 11 is 0. The van der Waals surface area contributed by atoms with Crippen LogP contribution in [0, 0.1) is 21.4 Å². The predicted octanol–water partition coefficient (Wildman–Crippen LogP) is 3.22. The Morgan fingerprint density at radius 1 is 1.25 bits per heavy atom. The molecule has 0 radical (unpaired) electrons. The molecule has 0 atom stereocenters. The predicted molar refractivity (Wildman–Crippen MR) is 87.1 cm³/mol. The lowest BCUT2D eigenvalue weighted by Crippen LogP contribution is -2.23. The van der Waals surface area contributed by atoms with Gasteiger partial charge in [0.1, 0.15) is 5.69 Å². The van der Waals surface area contributed by atoms with Gasteiger partial charge in [-0.1, -0.05) is 6.07 Å². The average Bonchev–Trinajstić information content (AvgIpc) is 3.06. The third-order valence-corrected chi connectivity index (χ3v) is 3.83. The van der Waals surface area contributed by atoms with E-state index >= 15 is 0 Å². The number of anilines is 1. The molecule has 0 bridgehead atoms. The lowest BCUT2D eigenvalue weighted by Gasteiger charge is -2.23. The van der Waals surface area contributed by atoms with Crippen molar-refractivity contribution in [2.24, 2.45) is 0 Å². The van der Waals surface area contributed by atoms with Gasteiger partial charge >= 0.3 is 0 Å². The molecule has 0 saturated heterocycles. The van der Waals surface area contributed by atoms with Crippen molar-refractivity contribution in [1.82, 2.24) is 0 Å². The minimum Gasteiger partial charge on any atom is -0.454 e. The number of hydrogen-bond acceptors (Lipinski definition) is 6. The summed E-state index contributed by atoms with van der Waals surface area (Å²) in [4.78, 5) is 12.8. The number of nitriles is 1. The second-order valence-corrected chi connectivity index (χ2v) is 5.27. The fraction of sp³-hybridized carbons (Fsp3) is 0.235. The summed E-state index contributed by atoms with van der Waals surface area (Å²) in [7, 11) is 0. The van der Waals surface area contributed by atoms with Crippen molar-refractivity contribution in [3.63, 3.8) is 0 Å². The Morgan fingerprint density at radius 2 is 2.04 bits per heavy atom. The zero-order valence-corrected chi connectivity index (χ0v) is 13.1. The van der Waals surface area contributed by atoms with Gasteiger partial charge in [-0.2, -0.15) is 5.26 Å². The van der Waals surface area contributed by atoms with E-state index in [1.165, 1.54) is 6.07 Å². The Balaban J connectivity index is 1.92. The molecule has 0 fully saturated rings. The highest BCUT2D eigenvalue weighted by Gasteiger charge is 2.21. The molecule has 0 unspecified atom stereocenters. The smallest absolute Gasteiger partial charge is 0.293 e. The Morgan fingerprint density at radius 3 is 2.75 bits per heavy atom. The van der Waals surface area contributed by atoms with E-state index in [4.69, 9.17) is 14.7 Å². The van der Waals surface area contributed by atoms with Crippen LogP contribution in [-0.2, 0) is 6.54 Å². The molecular weight excluding hydrogens is 310 g/mol. The van der Waals surface area contributed by atoms with Gasteiger partial charge in [-0.3, -0.25) is 10.1 Å². The number of hydrogen-bond donors (Lipinski definition) is 0. The molecule has 0 N–H and O–H groups in total. The maximum absolute atomic E-state index is 11.3. The van der Waals surface area contributed by atoms with E-state index < -0.39 is 4.92 Å². The monoisotopic (exact) mass is 325 g/mol. The van der Waals surface area contributed by atoms with Gasteiger partial charge in [0.25, 0.3) is 5.69 Å².